The number of benzene rings is 2. The summed E-state index contributed by atoms with van der Waals surface area (Å²) < 4.78 is 5.72. The normalized spacial score (nSPS) is 15.8. The van der Waals surface area contributed by atoms with E-state index in [-0.39, 0.29) is 5.96 Å². The number of hydrogen-bond acceptors (Lipinski definition) is 5. The number of nitrogens with one attached hydrogen (secondary N) is 3. The Morgan fingerprint density at radius 2 is 1.73 bits per heavy atom. The van der Waals surface area contributed by atoms with Crippen LogP contribution in [0.5, 0.6) is 5.75 Å². The van der Waals surface area contributed by atoms with E-state index in [0.717, 1.165) is 29.6 Å². The van der Waals surface area contributed by atoms with Crippen molar-refractivity contribution in [3.8, 4) is 5.75 Å². The first-order chi connectivity index (χ1) is 16.0. The van der Waals surface area contributed by atoms with Gasteiger partial charge in [-0.2, -0.15) is 0 Å². The molecule has 1 saturated heterocycles. The van der Waals surface area contributed by atoms with E-state index in [0.29, 0.717) is 19.2 Å². The Morgan fingerprint density at radius 1 is 1.06 bits per heavy atom. The zero-order chi connectivity index (χ0) is 23.9. The van der Waals surface area contributed by atoms with Crippen LogP contribution in [0.2, 0.25) is 0 Å². The minimum atomic E-state index is -0.499. The molecule has 3 rings (SSSR count). The molecule has 1 heterocycles. The van der Waals surface area contributed by atoms with Crippen molar-refractivity contribution in [2.24, 2.45) is 5.73 Å². The summed E-state index contributed by atoms with van der Waals surface area (Å²) in [6.07, 6.45) is 6.29. The third-order valence-electron chi connectivity index (χ3n) is 5.63. The second-order valence-corrected chi connectivity index (χ2v) is 8.95. The van der Waals surface area contributed by atoms with E-state index >= 15 is 0 Å². The fourth-order valence-corrected chi connectivity index (χ4v) is 3.82. The second kappa shape index (κ2) is 15.5. The van der Waals surface area contributed by atoms with Crippen molar-refractivity contribution < 1.29 is 9.84 Å². The molecule has 0 radical (unpaired) electrons. The van der Waals surface area contributed by atoms with Crippen LogP contribution >= 0.6 is 0 Å². The van der Waals surface area contributed by atoms with Gasteiger partial charge in [0, 0.05) is 31.1 Å². The molecular formula is C26H43N5O2. The number of hydrogen-bond donors (Lipinski definition) is 5. The van der Waals surface area contributed by atoms with Crippen LogP contribution in [0.1, 0.15) is 46.0 Å². The molecule has 1 aliphatic rings. The van der Waals surface area contributed by atoms with Gasteiger partial charge in [-0.15, -0.1) is 0 Å². The third kappa shape index (κ3) is 11.4. The van der Waals surface area contributed by atoms with E-state index in [1.165, 1.54) is 45.2 Å². The number of aliphatic hydroxyl groups excluding tert-OH is 1. The highest BCUT2D eigenvalue weighted by Crippen LogP contribution is 2.25. The van der Waals surface area contributed by atoms with Crippen molar-refractivity contribution in [2.75, 3.05) is 39.3 Å². The van der Waals surface area contributed by atoms with Gasteiger partial charge in [0.15, 0.2) is 5.96 Å². The highest BCUT2D eigenvalue weighted by Gasteiger charge is 2.08. The average Bonchev–Trinajstić information content (AvgIpc) is 2.78. The van der Waals surface area contributed by atoms with Crippen LogP contribution in [0, 0.1) is 5.41 Å². The average molecular weight is 458 g/mol. The van der Waals surface area contributed by atoms with Crippen molar-refractivity contribution >= 4 is 16.7 Å². The highest BCUT2D eigenvalue weighted by atomic mass is 16.5. The third-order valence-corrected chi connectivity index (χ3v) is 5.63. The van der Waals surface area contributed by atoms with Crippen LogP contribution < -0.4 is 21.1 Å². The fraction of sp³-hybridized carbons (Fsp3) is 0.577. The van der Waals surface area contributed by atoms with Gasteiger partial charge in [-0.1, -0.05) is 69.5 Å². The first-order valence-corrected chi connectivity index (χ1v) is 12.3. The van der Waals surface area contributed by atoms with Gasteiger partial charge in [-0.25, -0.2) is 0 Å². The molecule has 0 bridgehead atoms. The lowest BCUT2D eigenvalue weighted by atomic mass is 10.1. The summed E-state index contributed by atoms with van der Waals surface area (Å²) in [6, 6.07) is 14.4. The van der Waals surface area contributed by atoms with Crippen LogP contribution in [0.25, 0.3) is 10.8 Å². The van der Waals surface area contributed by atoms with Crippen LogP contribution in [0.4, 0.5) is 0 Å². The maximum Gasteiger partial charge on any atom is 0.185 e. The van der Waals surface area contributed by atoms with Gasteiger partial charge < -0.3 is 31.1 Å². The van der Waals surface area contributed by atoms with E-state index in [2.05, 4.69) is 41.5 Å². The summed E-state index contributed by atoms with van der Waals surface area (Å²) in [7, 11) is 0. The summed E-state index contributed by atoms with van der Waals surface area (Å²) in [5, 5.41) is 25.1. The molecule has 0 aliphatic carbocycles. The van der Waals surface area contributed by atoms with Crippen molar-refractivity contribution in [3.05, 3.63) is 42.5 Å². The van der Waals surface area contributed by atoms with E-state index < -0.39 is 6.10 Å². The lowest BCUT2D eigenvalue weighted by Gasteiger charge is -2.24. The van der Waals surface area contributed by atoms with Crippen molar-refractivity contribution in [1.82, 2.24) is 15.5 Å². The molecule has 0 aromatic heterocycles. The Balaban J connectivity index is 0.000000245. The standard InChI is InChI=1S/C16H21NO2.C10H22N4/c1-12(2)17-10-14(18)11-19-16-9-5-7-13-6-3-4-8-15(13)16;11-10(12)13-6-9-14-7-4-2-1-3-5-8-14/h3-9,12,14,17-18H,10-11H2,1-2H3;1-9H2,(H4,11,12,13). The number of guanidine groups is 1. The predicted molar refractivity (Wildman–Crippen MR) is 138 cm³/mol. The number of likely N-dealkylation sites (tertiary alicyclic amines) is 1. The molecule has 184 valence electrons. The van der Waals surface area contributed by atoms with E-state index in [1.54, 1.807) is 0 Å². The topological polar surface area (TPSA) is 107 Å². The van der Waals surface area contributed by atoms with Crippen molar-refractivity contribution in [3.63, 3.8) is 0 Å². The fourth-order valence-electron chi connectivity index (χ4n) is 3.82. The lowest BCUT2D eigenvalue weighted by Crippen LogP contribution is -2.38. The van der Waals surface area contributed by atoms with Crippen LogP contribution in [0.15, 0.2) is 42.5 Å². The Morgan fingerprint density at radius 3 is 2.42 bits per heavy atom. The first-order valence-electron chi connectivity index (χ1n) is 12.3. The van der Waals surface area contributed by atoms with E-state index in [9.17, 15) is 5.11 Å². The number of ether oxygens (including phenoxy) is 1. The van der Waals surface area contributed by atoms with Gasteiger partial charge >= 0.3 is 0 Å². The zero-order valence-electron chi connectivity index (χ0n) is 20.4. The Kier molecular flexibility index (Phi) is 12.6. The summed E-state index contributed by atoms with van der Waals surface area (Å²) >= 11 is 0. The number of nitrogens with zero attached hydrogens (tertiary/aromatic N) is 1. The maximum absolute atomic E-state index is 9.84. The van der Waals surface area contributed by atoms with Crippen LogP contribution in [-0.4, -0.2) is 67.4 Å². The van der Waals surface area contributed by atoms with Gasteiger partial charge in [0.2, 0.25) is 0 Å². The maximum atomic E-state index is 9.84. The number of nitrogens with two attached hydrogens (primary N) is 1. The Labute approximate surface area is 199 Å². The largest absolute Gasteiger partial charge is 0.490 e. The Bertz CT molecular complexity index is 801. The molecule has 2 aromatic carbocycles. The van der Waals surface area contributed by atoms with E-state index in [1.807, 2.05) is 30.3 Å². The molecule has 1 atom stereocenters. The number of rotatable bonds is 9. The second-order valence-electron chi connectivity index (χ2n) is 8.95. The van der Waals surface area contributed by atoms with Crippen molar-refractivity contribution in [1.29, 1.82) is 5.41 Å². The molecule has 0 spiro atoms. The summed E-state index contributed by atoms with van der Waals surface area (Å²) in [6.45, 7) is 9.18. The molecule has 2 aromatic rings. The van der Waals surface area contributed by atoms with Crippen LogP contribution in [0.3, 0.4) is 0 Å². The van der Waals surface area contributed by atoms with Crippen molar-refractivity contribution in [2.45, 2.75) is 58.1 Å². The molecule has 7 nitrogen and oxygen atoms in total. The first kappa shape index (κ1) is 26.9. The van der Waals surface area contributed by atoms with Crippen LogP contribution in [-0.2, 0) is 0 Å². The smallest absolute Gasteiger partial charge is 0.185 e. The lowest BCUT2D eigenvalue weighted by molar-refractivity contribution is 0.105. The molecule has 0 saturated carbocycles. The molecule has 33 heavy (non-hydrogen) atoms. The minimum Gasteiger partial charge on any atom is -0.490 e. The molecule has 1 aliphatic heterocycles. The SMILES string of the molecule is CC(C)NCC(O)COc1cccc2ccccc12.N=C(N)NCCN1CCCCCCC1. The highest BCUT2D eigenvalue weighted by molar-refractivity contribution is 5.88. The minimum absolute atomic E-state index is 0.0806. The molecule has 1 fully saturated rings. The molecule has 7 heteroatoms. The predicted octanol–water partition coefficient (Wildman–Crippen LogP) is 3.31. The van der Waals surface area contributed by atoms with Gasteiger partial charge in [-0.3, -0.25) is 5.41 Å². The summed E-state index contributed by atoms with van der Waals surface area (Å²) in [4.78, 5) is 2.47. The quantitative estimate of drug-likeness (QED) is 0.292. The molecule has 0 amide bonds. The zero-order valence-corrected chi connectivity index (χ0v) is 20.4. The summed E-state index contributed by atoms with van der Waals surface area (Å²) in [5.41, 5.74) is 5.22. The monoisotopic (exact) mass is 457 g/mol. The number of fused-ring (bicyclic) bond motifs is 1. The van der Waals surface area contributed by atoms with Gasteiger partial charge in [0.25, 0.3) is 0 Å². The van der Waals surface area contributed by atoms with E-state index in [4.69, 9.17) is 15.9 Å². The summed E-state index contributed by atoms with van der Waals surface area (Å²) in [5.74, 6) is 0.902. The van der Waals surface area contributed by atoms with Gasteiger partial charge in [0.05, 0.1) is 0 Å². The van der Waals surface area contributed by atoms with Gasteiger partial charge in [0.1, 0.15) is 18.5 Å². The number of aliphatic hydroxyl groups is 1. The Hall–Kier alpha value is -2.35. The molecule has 1 unspecified atom stereocenters. The molecule has 6 N–H and O–H groups in total. The van der Waals surface area contributed by atoms with Gasteiger partial charge in [-0.05, 0) is 37.4 Å². The molecular weight excluding hydrogens is 414 g/mol.